The predicted molar refractivity (Wildman–Crippen MR) is 131 cm³/mol. The van der Waals surface area contributed by atoms with Gasteiger partial charge in [-0.15, -0.1) is 0 Å². The van der Waals surface area contributed by atoms with Gasteiger partial charge in [0.25, 0.3) is 0 Å². The Morgan fingerprint density at radius 3 is 1.82 bits per heavy atom. The number of benzene rings is 3. The Morgan fingerprint density at radius 2 is 1.30 bits per heavy atom. The highest BCUT2D eigenvalue weighted by molar-refractivity contribution is 5.66. The van der Waals surface area contributed by atoms with Crippen LogP contribution < -0.4 is 9.47 Å². The highest BCUT2D eigenvalue weighted by Gasteiger charge is 2.47. The Hall–Kier alpha value is -3.34. The van der Waals surface area contributed by atoms with Gasteiger partial charge in [0.1, 0.15) is 12.2 Å². The van der Waals surface area contributed by atoms with Crippen molar-refractivity contribution in [2.45, 2.75) is 17.6 Å². The fourth-order valence-electron chi connectivity index (χ4n) is 4.97. The van der Waals surface area contributed by atoms with E-state index in [9.17, 15) is 0 Å². The van der Waals surface area contributed by atoms with Gasteiger partial charge in [0.05, 0.1) is 19.6 Å². The van der Waals surface area contributed by atoms with Crippen molar-refractivity contribution in [3.05, 3.63) is 119 Å². The molecule has 4 heteroatoms. The summed E-state index contributed by atoms with van der Waals surface area (Å²) in [5.74, 6) is 1.36. The van der Waals surface area contributed by atoms with Crippen LogP contribution in [0.3, 0.4) is 0 Å². The maximum absolute atomic E-state index is 6.09. The van der Waals surface area contributed by atoms with E-state index >= 15 is 0 Å². The molecule has 0 bridgehead atoms. The number of methoxy groups -OCH3 is 4. The lowest BCUT2D eigenvalue weighted by Crippen LogP contribution is -2.43. The summed E-state index contributed by atoms with van der Waals surface area (Å²) in [5.41, 5.74) is 3.51. The molecular weight excluding hydrogens is 412 g/mol. The van der Waals surface area contributed by atoms with Gasteiger partial charge in [0, 0.05) is 19.8 Å². The third-order valence-electron chi connectivity index (χ3n) is 6.36. The summed E-state index contributed by atoms with van der Waals surface area (Å²) >= 11 is 0. The van der Waals surface area contributed by atoms with Crippen molar-refractivity contribution < 1.29 is 18.9 Å². The summed E-state index contributed by atoms with van der Waals surface area (Å²) in [5, 5.41) is 0. The quantitative estimate of drug-likeness (QED) is 0.428. The van der Waals surface area contributed by atoms with Crippen LogP contribution in [0.15, 0.2) is 103 Å². The van der Waals surface area contributed by atoms with Crippen LogP contribution in [-0.4, -0.2) is 40.6 Å². The number of hydrogen-bond acceptors (Lipinski definition) is 4. The van der Waals surface area contributed by atoms with Gasteiger partial charge in [-0.3, -0.25) is 0 Å². The molecule has 0 aliphatic heterocycles. The minimum atomic E-state index is -0.718. The average Bonchev–Trinajstić information content (AvgIpc) is 2.90. The fraction of sp³-hybridized carbons (Fsp3) is 0.241. The standard InChI is InChI=1S/C29H30O4/c1-30-25-19-11-17-23(27(25)32-3)29(21-13-7-5-8-14-21,22-15-9-6-10-16-22)24-18-12-20-26(31-2)28(24)33-4/h5-20,25,27H,1-4H3. The zero-order chi connectivity index (χ0) is 23.3. The van der Waals surface area contributed by atoms with Crippen LogP contribution in [0.1, 0.15) is 16.7 Å². The van der Waals surface area contributed by atoms with E-state index in [1.165, 1.54) is 0 Å². The van der Waals surface area contributed by atoms with E-state index in [2.05, 4.69) is 60.7 Å². The van der Waals surface area contributed by atoms with Crippen LogP contribution in [0.4, 0.5) is 0 Å². The Balaban J connectivity index is 2.17. The minimum Gasteiger partial charge on any atom is -0.493 e. The van der Waals surface area contributed by atoms with E-state index in [1.54, 1.807) is 28.4 Å². The van der Waals surface area contributed by atoms with Crippen LogP contribution in [0.25, 0.3) is 0 Å². The fourth-order valence-corrected chi connectivity index (χ4v) is 4.97. The summed E-state index contributed by atoms with van der Waals surface area (Å²) in [6, 6.07) is 27.0. The number of rotatable bonds is 8. The molecule has 1 aliphatic rings. The van der Waals surface area contributed by atoms with Gasteiger partial charge in [-0.25, -0.2) is 0 Å². The first-order chi connectivity index (χ1) is 16.2. The first-order valence-electron chi connectivity index (χ1n) is 11.0. The van der Waals surface area contributed by atoms with Gasteiger partial charge >= 0.3 is 0 Å². The summed E-state index contributed by atoms with van der Waals surface area (Å²) in [6.07, 6.45) is 5.69. The molecule has 0 N–H and O–H groups in total. The van der Waals surface area contributed by atoms with Crippen LogP contribution in [0.5, 0.6) is 11.5 Å². The minimum absolute atomic E-state index is 0.224. The van der Waals surface area contributed by atoms with Gasteiger partial charge in [-0.1, -0.05) is 91.0 Å². The third kappa shape index (κ3) is 3.86. The lowest BCUT2D eigenvalue weighted by atomic mass is 9.61. The van der Waals surface area contributed by atoms with E-state index in [-0.39, 0.29) is 12.2 Å². The first kappa shape index (κ1) is 22.8. The normalized spacial score (nSPS) is 18.0. The Bertz CT molecular complexity index is 1080. The molecule has 0 saturated heterocycles. The average molecular weight is 443 g/mol. The van der Waals surface area contributed by atoms with Crippen molar-refractivity contribution >= 4 is 0 Å². The van der Waals surface area contributed by atoms with Crippen molar-refractivity contribution in [2.75, 3.05) is 28.4 Å². The molecule has 4 nitrogen and oxygen atoms in total. The maximum Gasteiger partial charge on any atom is 0.165 e. The lowest BCUT2D eigenvalue weighted by molar-refractivity contribution is 0.00323. The molecule has 1 aliphatic carbocycles. The molecule has 0 aromatic heterocycles. The lowest BCUT2D eigenvalue weighted by Gasteiger charge is -2.43. The molecule has 2 unspecified atom stereocenters. The van der Waals surface area contributed by atoms with Crippen molar-refractivity contribution in [3.63, 3.8) is 0 Å². The number of allylic oxidation sites excluding steroid dienone is 2. The van der Waals surface area contributed by atoms with Crippen molar-refractivity contribution in [2.24, 2.45) is 0 Å². The van der Waals surface area contributed by atoms with E-state index in [1.807, 2.05) is 36.4 Å². The molecule has 0 radical (unpaired) electrons. The van der Waals surface area contributed by atoms with E-state index in [4.69, 9.17) is 18.9 Å². The molecule has 0 fully saturated rings. The van der Waals surface area contributed by atoms with Crippen LogP contribution in [0.2, 0.25) is 0 Å². The third-order valence-corrected chi connectivity index (χ3v) is 6.36. The van der Waals surface area contributed by atoms with Gasteiger partial charge < -0.3 is 18.9 Å². The van der Waals surface area contributed by atoms with Crippen LogP contribution in [-0.2, 0) is 14.9 Å². The smallest absolute Gasteiger partial charge is 0.165 e. The number of hydrogen-bond donors (Lipinski definition) is 0. The molecule has 170 valence electrons. The molecule has 0 spiro atoms. The van der Waals surface area contributed by atoms with Crippen molar-refractivity contribution in [3.8, 4) is 11.5 Å². The Labute approximate surface area is 196 Å². The van der Waals surface area contributed by atoms with E-state index in [0.29, 0.717) is 11.5 Å². The summed E-state index contributed by atoms with van der Waals surface area (Å²) in [6.45, 7) is 0. The zero-order valence-corrected chi connectivity index (χ0v) is 19.5. The van der Waals surface area contributed by atoms with Crippen molar-refractivity contribution in [1.82, 2.24) is 0 Å². The molecule has 0 amide bonds. The van der Waals surface area contributed by atoms with Gasteiger partial charge in [-0.2, -0.15) is 0 Å². The largest absolute Gasteiger partial charge is 0.493 e. The highest BCUT2D eigenvalue weighted by atomic mass is 16.5. The summed E-state index contributed by atoms with van der Waals surface area (Å²) < 4.78 is 23.6. The molecule has 33 heavy (non-hydrogen) atoms. The second-order valence-corrected chi connectivity index (χ2v) is 7.89. The molecule has 0 heterocycles. The van der Waals surface area contributed by atoms with Gasteiger partial charge in [0.2, 0.25) is 0 Å². The molecule has 3 aromatic carbocycles. The monoisotopic (exact) mass is 442 g/mol. The van der Waals surface area contributed by atoms with Crippen LogP contribution in [0, 0.1) is 0 Å². The Morgan fingerprint density at radius 1 is 0.667 bits per heavy atom. The molecule has 3 aromatic rings. The Kier molecular flexibility index (Phi) is 6.97. The summed E-state index contributed by atoms with van der Waals surface area (Å²) in [4.78, 5) is 0. The number of ether oxygens (including phenoxy) is 4. The molecule has 2 atom stereocenters. The molecule has 0 saturated carbocycles. The first-order valence-corrected chi connectivity index (χ1v) is 11.0. The van der Waals surface area contributed by atoms with Gasteiger partial charge in [0.15, 0.2) is 11.5 Å². The maximum atomic E-state index is 6.09. The predicted octanol–water partition coefficient (Wildman–Crippen LogP) is 5.56. The zero-order valence-electron chi connectivity index (χ0n) is 19.5. The number of para-hydroxylation sites is 1. The van der Waals surface area contributed by atoms with Crippen molar-refractivity contribution in [1.29, 1.82) is 0 Å². The van der Waals surface area contributed by atoms with Crippen LogP contribution >= 0.6 is 0 Å². The second kappa shape index (κ2) is 10.1. The topological polar surface area (TPSA) is 36.9 Å². The van der Waals surface area contributed by atoms with E-state index < -0.39 is 5.41 Å². The highest BCUT2D eigenvalue weighted by Crippen LogP contribution is 2.52. The molecule has 4 rings (SSSR count). The SMILES string of the molecule is COc1cccc(C(C2=CC=CC(OC)C2OC)(c2ccccc2)c2ccccc2)c1OC. The second-order valence-electron chi connectivity index (χ2n) is 7.89. The summed E-state index contributed by atoms with van der Waals surface area (Å²) in [7, 11) is 6.79. The van der Waals surface area contributed by atoms with E-state index in [0.717, 1.165) is 22.3 Å². The van der Waals surface area contributed by atoms with Gasteiger partial charge in [-0.05, 0) is 22.8 Å². The molecular formula is C29H30O4.